The van der Waals surface area contributed by atoms with E-state index in [1.807, 2.05) is 30.3 Å². The molecule has 0 aliphatic carbocycles. The van der Waals surface area contributed by atoms with E-state index in [0.717, 1.165) is 11.1 Å². The number of nitrogens with two attached hydrogens (primary N) is 1. The number of halogens is 1. The Labute approximate surface area is 94.5 Å². The molecule has 0 radical (unpaired) electrons. The van der Waals surface area contributed by atoms with Crippen molar-refractivity contribution in [1.29, 1.82) is 0 Å². The van der Waals surface area contributed by atoms with Gasteiger partial charge in [0.2, 0.25) is 0 Å². The highest BCUT2D eigenvalue weighted by Crippen LogP contribution is 2.32. The van der Waals surface area contributed by atoms with Gasteiger partial charge in [-0.3, -0.25) is 0 Å². The van der Waals surface area contributed by atoms with Crippen LogP contribution in [0.25, 0.3) is 11.1 Å². The molecule has 0 saturated heterocycles. The fourth-order valence-corrected chi connectivity index (χ4v) is 1.82. The number of hydrogen-bond donors (Lipinski definition) is 1. The molecule has 0 aromatic heterocycles. The minimum absolute atomic E-state index is 0.621. The van der Waals surface area contributed by atoms with Gasteiger partial charge in [-0.25, -0.2) is 0 Å². The average Bonchev–Trinajstić information content (AvgIpc) is 2.22. The molecule has 0 heterocycles. The van der Waals surface area contributed by atoms with Gasteiger partial charge in [-0.1, -0.05) is 53.6 Å². The zero-order chi connectivity index (χ0) is 10.8. The van der Waals surface area contributed by atoms with Gasteiger partial charge in [0, 0.05) is 5.56 Å². The second-order valence-corrected chi connectivity index (χ2v) is 3.96. The molecule has 0 unspecified atom stereocenters. The first-order chi connectivity index (χ1) is 7.18. The van der Waals surface area contributed by atoms with Gasteiger partial charge in [0.05, 0.1) is 10.7 Å². The normalized spacial score (nSPS) is 10.3. The molecule has 0 aliphatic rings. The van der Waals surface area contributed by atoms with E-state index in [2.05, 4.69) is 19.1 Å². The maximum atomic E-state index is 6.16. The van der Waals surface area contributed by atoms with Crippen LogP contribution in [0.4, 0.5) is 5.69 Å². The summed E-state index contributed by atoms with van der Waals surface area (Å²) in [6.45, 7) is 2.06. The third-order valence-electron chi connectivity index (χ3n) is 2.36. The summed E-state index contributed by atoms with van der Waals surface area (Å²) in [7, 11) is 0. The third-order valence-corrected chi connectivity index (χ3v) is 2.78. The van der Waals surface area contributed by atoms with Crippen molar-refractivity contribution in [2.45, 2.75) is 6.92 Å². The van der Waals surface area contributed by atoms with Crippen LogP contribution in [0.3, 0.4) is 0 Å². The zero-order valence-corrected chi connectivity index (χ0v) is 9.25. The van der Waals surface area contributed by atoms with E-state index in [4.69, 9.17) is 17.3 Å². The number of hydrogen-bond acceptors (Lipinski definition) is 1. The Morgan fingerprint density at radius 1 is 1.07 bits per heavy atom. The van der Waals surface area contributed by atoms with Crippen LogP contribution in [0.15, 0.2) is 42.5 Å². The Morgan fingerprint density at radius 2 is 1.80 bits per heavy atom. The Hall–Kier alpha value is -1.47. The van der Waals surface area contributed by atoms with Crippen LogP contribution in [-0.4, -0.2) is 0 Å². The van der Waals surface area contributed by atoms with Gasteiger partial charge in [0.25, 0.3) is 0 Å². The lowest BCUT2D eigenvalue weighted by Gasteiger charge is -2.07. The summed E-state index contributed by atoms with van der Waals surface area (Å²) >= 11 is 6.16. The fraction of sp³-hybridized carbons (Fsp3) is 0.0769. The molecule has 2 heteroatoms. The number of anilines is 1. The maximum absolute atomic E-state index is 6.16. The van der Waals surface area contributed by atoms with Gasteiger partial charge in [-0.05, 0) is 18.6 Å². The van der Waals surface area contributed by atoms with E-state index >= 15 is 0 Å². The lowest BCUT2D eigenvalue weighted by atomic mass is 10.0. The molecule has 76 valence electrons. The molecule has 0 spiro atoms. The molecule has 2 aromatic rings. The summed E-state index contributed by atoms with van der Waals surface area (Å²) in [5.41, 5.74) is 9.69. The fourth-order valence-electron chi connectivity index (χ4n) is 1.59. The molecule has 1 nitrogen and oxygen atoms in total. The van der Waals surface area contributed by atoms with Crippen LogP contribution in [0.2, 0.25) is 5.02 Å². The average molecular weight is 218 g/mol. The summed E-state index contributed by atoms with van der Waals surface area (Å²) in [6.07, 6.45) is 0. The highest BCUT2D eigenvalue weighted by Gasteiger charge is 2.05. The summed E-state index contributed by atoms with van der Waals surface area (Å²) < 4.78 is 0. The largest absolute Gasteiger partial charge is 0.398 e. The summed E-state index contributed by atoms with van der Waals surface area (Å²) in [6, 6.07) is 13.9. The predicted octanol–water partition coefficient (Wildman–Crippen LogP) is 3.90. The van der Waals surface area contributed by atoms with Gasteiger partial charge < -0.3 is 5.73 Å². The van der Waals surface area contributed by atoms with Crippen LogP contribution < -0.4 is 5.73 Å². The highest BCUT2D eigenvalue weighted by atomic mass is 35.5. The Bertz CT molecular complexity index is 492. The summed E-state index contributed by atoms with van der Waals surface area (Å²) in [5.74, 6) is 0. The Kier molecular flexibility index (Phi) is 2.65. The molecule has 2 aromatic carbocycles. The molecule has 0 bridgehead atoms. The SMILES string of the molecule is Cc1cccc(-c2cccc(N)c2Cl)c1. The van der Waals surface area contributed by atoms with Crippen molar-refractivity contribution in [2.75, 3.05) is 5.73 Å². The third kappa shape index (κ3) is 1.97. The van der Waals surface area contributed by atoms with Crippen LogP contribution in [0.5, 0.6) is 0 Å². The highest BCUT2D eigenvalue weighted by molar-refractivity contribution is 6.35. The smallest absolute Gasteiger partial charge is 0.0713 e. The van der Waals surface area contributed by atoms with Crippen LogP contribution >= 0.6 is 11.6 Å². The van der Waals surface area contributed by atoms with Gasteiger partial charge >= 0.3 is 0 Å². The standard InChI is InChI=1S/C13H12ClN/c1-9-4-2-5-10(8-9)11-6-3-7-12(15)13(11)14/h2-8H,15H2,1H3. The molecule has 0 saturated carbocycles. The molecular formula is C13H12ClN. The van der Waals surface area contributed by atoms with Crippen molar-refractivity contribution in [3.63, 3.8) is 0 Å². The van der Waals surface area contributed by atoms with Crippen LogP contribution in [0, 0.1) is 6.92 Å². The van der Waals surface area contributed by atoms with Crippen molar-refractivity contribution in [3.8, 4) is 11.1 Å². The van der Waals surface area contributed by atoms with E-state index in [0.29, 0.717) is 10.7 Å². The Morgan fingerprint density at radius 3 is 2.53 bits per heavy atom. The minimum Gasteiger partial charge on any atom is -0.398 e. The number of benzene rings is 2. The number of rotatable bonds is 1. The molecule has 2 rings (SSSR count). The number of aryl methyl sites for hydroxylation is 1. The molecule has 2 N–H and O–H groups in total. The second kappa shape index (κ2) is 3.95. The topological polar surface area (TPSA) is 26.0 Å². The predicted molar refractivity (Wildman–Crippen MR) is 66.0 cm³/mol. The van der Waals surface area contributed by atoms with E-state index in [1.165, 1.54) is 5.56 Å². The monoisotopic (exact) mass is 217 g/mol. The molecular weight excluding hydrogens is 206 g/mol. The maximum Gasteiger partial charge on any atom is 0.0713 e. The molecule has 0 atom stereocenters. The summed E-state index contributed by atoms with van der Waals surface area (Å²) in [4.78, 5) is 0. The van der Waals surface area contributed by atoms with Crippen molar-refractivity contribution in [3.05, 3.63) is 53.1 Å². The first-order valence-corrected chi connectivity index (χ1v) is 5.17. The molecule has 0 fully saturated rings. The first kappa shape index (κ1) is 10.1. The van der Waals surface area contributed by atoms with Crippen molar-refractivity contribution >= 4 is 17.3 Å². The van der Waals surface area contributed by atoms with Crippen molar-refractivity contribution in [1.82, 2.24) is 0 Å². The summed E-state index contributed by atoms with van der Waals surface area (Å²) in [5, 5.41) is 0.628. The first-order valence-electron chi connectivity index (χ1n) is 4.79. The van der Waals surface area contributed by atoms with Gasteiger partial charge in [0.1, 0.15) is 0 Å². The zero-order valence-electron chi connectivity index (χ0n) is 8.50. The van der Waals surface area contributed by atoms with E-state index in [9.17, 15) is 0 Å². The number of nitrogen functional groups attached to an aromatic ring is 1. The van der Waals surface area contributed by atoms with Gasteiger partial charge in [-0.15, -0.1) is 0 Å². The van der Waals surface area contributed by atoms with Crippen LogP contribution in [0.1, 0.15) is 5.56 Å². The minimum atomic E-state index is 0.621. The van der Waals surface area contributed by atoms with Gasteiger partial charge in [-0.2, -0.15) is 0 Å². The lowest BCUT2D eigenvalue weighted by molar-refractivity contribution is 1.47. The van der Waals surface area contributed by atoms with Crippen molar-refractivity contribution in [2.24, 2.45) is 0 Å². The Balaban J connectivity index is 2.59. The molecule has 0 amide bonds. The molecule has 0 aliphatic heterocycles. The second-order valence-electron chi connectivity index (χ2n) is 3.58. The van der Waals surface area contributed by atoms with Crippen molar-refractivity contribution < 1.29 is 0 Å². The quantitative estimate of drug-likeness (QED) is 0.721. The molecule has 15 heavy (non-hydrogen) atoms. The van der Waals surface area contributed by atoms with Gasteiger partial charge in [0.15, 0.2) is 0 Å². The van der Waals surface area contributed by atoms with Crippen LogP contribution in [-0.2, 0) is 0 Å². The lowest BCUT2D eigenvalue weighted by Crippen LogP contribution is -1.88. The van der Waals surface area contributed by atoms with E-state index in [-0.39, 0.29) is 0 Å². The van der Waals surface area contributed by atoms with E-state index in [1.54, 1.807) is 0 Å². The van der Waals surface area contributed by atoms with E-state index < -0.39 is 0 Å².